The van der Waals surface area contributed by atoms with Crippen LogP contribution in [0.15, 0.2) is 30.6 Å². The van der Waals surface area contributed by atoms with E-state index in [9.17, 15) is 22.4 Å². The molecule has 0 spiro atoms. The van der Waals surface area contributed by atoms with Gasteiger partial charge in [-0.2, -0.15) is 23.4 Å². The van der Waals surface area contributed by atoms with Crippen molar-refractivity contribution >= 4 is 17.2 Å². The van der Waals surface area contributed by atoms with Crippen molar-refractivity contribution in [2.45, 2.75) is 63.0 Å². The van der Waals surface area contributed by atoms with Crippen LogP contribution in [0.5, 0.6) is 0 Å². The zero-order valence-electron chi connectivity index (χ0n) is 21.6. The van der Waals surface area contributed by atoms with Crippen LogP contribution in [0.2, 0.25) is 0 Å². The summed E-state index contributed by atoms with van der Waals surface area (Å²) in [4.78, 5) is 14.4. The molecule has 4 heterocycles. The third-order valence-electron chi connectivity index (χ3n) is 7.32. The van der Waals surface area contributed by atoms with Crippen LogP contribution in [-0.4, -0.2) is 75.3 Å². The summed E-state index contributed by atoms with van der Waals surface area (Å²) in [5, 5.41) is 14.4. The molecule has 2 N–H and O–H groups in total. The van der Waals surface area contributed by atoms with E-state index in [-0.39, 0.29) is 35.8 Å². The van der Waals surface area contributed by atoms with Gasteiger partial charge < -0.3 is 15.5 Å². The highest BCUT2D eigenvalue weighted by Gasteiger charge is 2.32. The molecule has 208 valence electrons. The highest BCUT2D eigenvalue weighted by molar-refractivity contribution is 5.93. The number of piperidine rings is 1. The fourth-order valence-corrected chi connectivity index (χ4v) is 5.29. The normalized spacial score (nSPS) is 20.6. The third kappa shape index (κ3) is 6.36. The van der Waals surface area contributed by atoms with Crippen LogP contribution in [-0.2, 0) is 6.42 Å². The quantitative estimate of drug-likeness (QED) is 0.362. The number of carbonyl (C=O) groups is 1. The second-order valence-electron chi connectivity index (χ2n) is 10.3. The van der Waals surface area contributed by atoms with Crippen LogP contribution >= 0.6 is 0 Å². The van der Waals surface area contributed by atoms with Gasteiger partial charge in [0.15, 0.2) is 0 Å². The van der Waals surface area contributed by atoms with Crippen LogP contribution in [0.3, 0.4) is 0 Å². The molecule has 1 aliphatic heterocycles. The molecule has 2 atom stereocenters. The lowest BCUT2D eigenvalue weighted by atomic mass is 10.0. The topological polar surface area (TPSA) is 79.5 Å². The van der Waals surface area contributed by atoms with Crippen molar-refractivity contribution in [3.63, 3.8) is 0 Å². The number of likely N-dealkylation sites (tertiary alicyclic amines) is 1. The smallest absolute Gasteiger partial charge is 0.364 e. The first-order valence-electron chi connectivity index (χ1n) is 13.2. The van der Waals surface area contributed by atoms with E-state index in [0.29, 0.717) is 30.4 Å². The average Bonchev–Trinajstić information content (AvgIpc) is 3.64. The number of nitrogens with zero attached hydrogens (tertiary/aromatic N) is 5. The summed E-state index contributed by atoms with van der Waals surface area (Å²) >= 11 is 0. The van der Waals surface area contributed by atoms with Crippen LogP contribution in [0.25, 0.3) is 5.52 Å². The van der Waals surface area contributed by atoms with E-state index < -0.39 is 24.8 Å². The number of fused-ring (bicyclic) bond motifs is 1. The minimum absolute atomic E-state index is 0.0370. The molecule has 2 fully saturated rings. The number of aromatic nitrogens is 4. The van der Waals surface area contributed by atoms with Gasteiger partial charge in [0.1, 0.15) is 17.7 Å². The first-order chi connectivity index (χ1) is 18.7. The minimum Gasteiger partial charge on any atom is -0.364 e. The first kappa shape index (κ1) is 27.0. The van der Waals surface area contributed by atoms with Gasteiger partial charge in [0, 0.05) is 24.8 Å². The largest absolute Gasteiger partial charge is 0.393 e. The standard InChI is InChI=1S/C27H31F4N7O/c1-36-13-11-23(21(28)17-36)34-25-10-4-9-24-20(14-27(29,30)31)22(35-38(24)25)8-5-12-32-26(39)18-15-33-37(16-18)19-6-2-3-7-19/h4,9-10,15-16,19,21,23,34H,2-3,6-7,11-14,17H2,1H3,(H,32,39)/t21-,23+/m0/s1. The number of alkyl halides is 4. The van der Waals surface area contributed by atoms with Gasteiger partial charge >= 0.3 is 6.18 Å². The van der Waals surface area contributed by atoms with Crippen molar-refractivity contribution in [2.75, 3.05) is 32.0 Å². The Morgan fingerprint density at radius 1 is 1.21 bits per heavy atom. The number of hydrogen-bond acceptors (Lipinski definition) is 5. The number of amides is 1. The lowest BCUT2D eigenvalue weighted by Crippen LogP contribution is -2.46. The van der Waals surface area contributed by atoms with Crippen molar-refractivity contribution in [2.24, 2.45) is 0 Å². The van der Waals surface area contributed by atoms with E-state index >= 15 is 0 Å². The number of halogens is 4. The fourth-order valence-electron chi connectivity index (χ4n) is 5.29. The summed E-state index contributed by atoms with van der Waals surface area (Å²) in [7, 11) is 1.84. The Bertz CT molecular complexity index is 1380. The van der Waals surface area contributed by atoms with E-state index in [0.717, 1.165) is 25.7 Å². The molecule has 0 aromatic carbocycles. The van der Waals surface area contributed by atoms with Gasteiger partial charge in [0.05, 0.1) is 42.3 Å². The summed E-state index contributed by atoms with van der Waals surface area (Å²) in [5.41, 5.74) is 0.548. The molecule has 0 radical (unpaired) electrons. The van der Waals surface area contributed by atoms with E-state index in [1.54, 1.807) is 18.3 Å². The number of carbonyl (C=O) groups excluding carboxylic acids is 1. The van der Waals surface area contributed by atoms with Crippen LogP contribution in [0, 0.1) is 11.8 Å². The summed E-state index contributed by atoms with van der Waals surface area (Å²) in [6.07, 6.45) is 1.32. The van der Waals surface area contributed by atoms with E-state index in [1.165, 1.54) is 16.8 Å². The molecule has 1 saturated heterocycles. The highest BCUT2D eigenvalue weighted by Crippen LogP contribution is 2.30. The Morgan fingerprint density at radius 2 is 2.00 bits per heavy atom. The molecule has 5 rings (SSSR count). The van der Waals surface area contributed by atoms with Crippen LogP contribution in [0.4, 0.5) is 23.4 Å². The second-order valence-corrected chi connectivity index (χ2v) is 10.3. The van der Waals surface area contributed by atoms with Gasteiger partial charge in [-0.1, -0.05) is 24.8 Å². The molecule has 0 unspecified atom stereocenters. The first-order valence-corrected chi connectivity index (χ1v) is 13.2. The molecule has 1 amide bonds. The third-order valence-corrected chi connectivity index (χ3v) is 7.32. The van der Waals surface area contributed by atoms with Crippen LogP contribution in [0.1, 0.15) is 59.8 Å². The lowest BCUT2D eigenvalue weighted by molar-refractivity contribution is -0.127. The van der Waals surface area contributed by atoms with Gasteiger partial charge in [0.25, 0.3) is 5.91 Å². The predicted octanol–water partition coefficient (Wildman–Crippen LogP) is 3.99. The van der Waals surface area contributed by atoms with Crippen LogP contribution < -0.4 is 10.6 Å². The van der Waals surface area contributed by atoms with Crippen molar-refractivity contribution in [3.05, 3.63) is 47.4 Å². The molecule has 12 heteroatoms. The molecule has 3 aromatic heterocycles. The Balaban J connectivity index is 1.33. The van der Waals surface area contributed by atoms with Crippen molar-refractivity contribution in [3.8, 4) is 11.8 Å². The minimum atomic E-state index is -4.48. The SMILES string of the molecule is CN1CC[C@@H](Nc2cccc3c(CC(F)(F)F)c(C#CCNC(=O)c4cnn(C5CCCC5)c4)nn23)[C@@H](F)C1. The number of rotatable bonds is 6. The maximum Gasteiger partial charge on any atom is 0.393 e. The number of pyridine rings is 1. The second kappa shape index (κ2) is 11.3. The van der Waals surface area contributed by atoms with Gasteiger partial charge in [-0.25, -0.2) is 8.91 Å². The fraction of sp³-hybridized carbons (Fsp3) is 0.519. The maximum absolute atomic E-state index is 14.6. The van der Waals surface area contributed by atoms with Gasteiger partial charge in [0.2, 0.25) is 0 Å². The average molecular weight is 546 g/mol. The van der Waals surface area contributed by atoms with Gasteiger partial charge in [-0.3, -0.25) is 9.48 Å². The van der Waals surface area contributed by atoms with E-state index in [4.69, 9.17) is 0 Å². The predicted molar refractivity (Wildman–Crippen MR) is 138 cm³/mol. The molecular formula is C27H31F4N7O. The van der Waals surface area contributed by atoms with Gasteiger partial charge in [-0.15, -0.1) is 0 Å². The summed E-state index contributed by atoms with van der Waals surface area (Å²) in [6.45, 7) is 0.906. The molecule has 1 saturated carbocycles. The number of anilines is 1. The Hall–Kier alpha value is -3.59. The number of hydrogen-bond donors (Lipinski definition) is 2. The zero-order chi connectivity index (χ0) is 27.6. The van der Waals surface area contributed by atoms with Crippen molar-refractivity contribution in [1.82, 2.24) is 29.6 Å². The van der Waals surface area contributed by atoms with E-state index in [1.807, 2.05) is 16.6 Å². The summed E-state index contributed by atoms with van der Waals surface area (Å²) < 4.78 is 58.2. The zero-order valence-corrected chi connectivity index (χ0v) is 21.6. The molecular weight excluding hydrogens is 514 g/mol. The van der Waals surface area contributed by atoms with Crippen molar-refractivity contribution in [1.29, 1.82) is 0 Å². The monoisotopic (exact) mass is 545 g/mol. The molecule has 2 aliphatic rings. The molecule has 8 nitrogen and oxygen atoms in total. The molecule has 39 heavy (non-hydrogen) atoms. The molecule has 3 aromatic rings. The Labute approximate surface area is 223 Å². The Kier molecular flexibility index (Phi) is 7.79. The Morgan fingerprint density at radius 3 is 2.74 bits per heavy atom. The van der Waals surface area contributed by atoms with E-state index in [2.05, 4.69) is 32.7 Å². The summed E-state index contributed by atoms with van der Waals surface area (Å²) in [6, 6.07) is 4.64. The molecule has 0 bridgehead atoms. The summed E-state index contributed by atoms with van der Waals surface area (Å²) in [5.74, 6) is 5.47. The highest BCUT2D eigenvalue weighted by atomic mass is 19.4. The van der Waals surface area contributed by atoms with Gasteiger partial charge in [-0.05, 0) is 44.4 Å². The maximum atomic E-state index is 14.6. The lowest BCUT2D eigenvalue weighted by Gasteiger charge is -2.33. The van der Waals surface area contributed by atoms with Crippen molar-refractivity contribution < 1.29 is 22.4 Å². The molecule has 1 aliphatic carbocycles. The number of nitrogens with one attached hydrogen (secondary N) is 2.